The highest BCUT2D eigenvalue weighted by molar-refractivity contribution is 7.20. The summed E-state index contributed by atoms with van der Waals surface area (Å²) in [5.41, 5.74) is 1.14. The smallest absolute Gasteiger partial charge is 0.0991 e. The summed E-state index contributed by atoms with van der Waals surface area (Å²) in [5, 5.41) is 3.33. The molecule has 0 saturated heterocycles. The molecule has 0 bridgehead atoms. The first-order chi connectivity index (χ1) is 7.58. The van der Waals surface area contributed by atoms with Gasteiger partial charge in [0, 0.05) is 11.6 Å². The fourth-order valence-corrected chi connectivity index (χ4v) is 3.58. The van der Waals surface area contributed by atoms with Crippen LogP contribution in [0.3, 0.4) is 0 Å². The molecule has 4 heteroatoms. The van der Waals surface area contributed by atoms with Gasteiger partial charge in [0.15, 0.2) is 0 Å². The lowest BCUT2D eigenvalue weighted by Crippen LogP contribution is -2.18. The van der Waals surface area contributed by atoms with E-state index in [2.05, 4.69) is 19.2 Å². The monoisotopic (exact) mass is 279 g/mol. The van der Waals surface area contributed by atoms with Gasteiger partial charge in [-0.15, -0.1) is 11.3 Å². The van der Waals surface area contributed by atoms with Gasteiger partial charge in [0.2, 0.25) is 0 Å². The van der Waals surface area contributed by atoms with E-state index < -0.39 is 0 Å². The van der Waals surface area contributed by atoms with Gasteiger partial charge in [0.25, 0.3) is 0 Å². The zero-order chi connectivity index (χ0) is 12.1. The molecule has 1 nitrogen and oxygen atoms in total. The van der Waals surface area contributed by atoms with Crippen LogP contribution in [0.25, 0.3) is 0 Å². The van der Waals surface area contributed by atoms with Crippen molar-refractivity contribution in [1.29, 1.82) is 0 Å². The van der Waals surface area contributed by atoms with Gasteiger partial charge in [-0.2, -0.15) is 0 Å². The molecular weight excluding hydrogens is 261 g/mol. The highest BCUT2D eigenvalue weighted by atomic mass is 35.5. The van der Waals surface area contributed by atoms with E-state index in [9.17, 15) is 0 Å². The standard InChI is InChI=1S/C12H19Cl2NS/c1-4-5-8(2)6-10(15-3)9-7-11(13)16-12(9)14/h7-8,10,15H,4-6H2,1-3H3. The second-order valence-electron chi connectivity index (χ2n) is 4.25. The van der Waals surface area contributed by atoms with Crippen LogP contribution in [0.1, 0.15) is 44.7 Å². The van der Waals surface area contributed by atoms with Crippen molar-refractivity contribution in [2.75, 3.05) is 7.05 Å². The average molecular weight is 280 g/mol. The Bertz CT molecular complexity index is 325. The van der Waals surface area contributed by atoms with Crippen molar-refractivity contribution in [1.82, 2.24) is 5.32 Å². The first kappa shape index (κ1) is 14.3. The molecule has 0 fully saturated rings. The number of hydrogen-bond acceptors (Lipinski definition) is 2. The van der Waals surface area contributed by atoms with Crippen LogP contribution in [0.5, 0.6) is 0 Å². The van der Waals surface area contributed by atoms with Crippen LogP contribution in [0.2, 0.25) is 8.67 Å². The van der Waals surface area contributed by atoms with Gasteiger partial charge in [-0.05, 0) is 25.5 Å². The van der Waals surface area contributed by atoms with Crippen molar-refractivity contribution in [2.45, 2.75) is 39.2 Å². The Labute approximate surface area is 112 Å². The molecule has 0 spiro atoms. The third kappa shape index (κ3) is 3.92. The Balaban J connectivity index is 2.70. The van der Waals surface area contributed by atoms with Crippen LogP contribution in [0.15, 0.2) is 6.07 Å². The summed E-state index contributed by atoms with van der Waals surface area (Å²) in [5.74, 6) is 0.706. The summed E-state index contributed by atoms with van der Waals surface area (Å²) < 4.78 is 1.58. The van der Waals surface area contributed by atoms with Crippen molar-refractivity contribution >= 4 is 34.5 Å². The molecule has 1 aromatic heterocycles. The van der Waals surface area contributed by atoms with Gasteiger partial charge < -0.3 is 5.32 Å². The largest absolute Gasteiger partial charge is 0.313 e. The second kappa shape index (κ2) is 6.85. The minimum Gasteiger partial charge on any atom is -0.313 e. The fourth-order valence-electron chi connectivity index (χ4n) is 2.00. The summed E-state index contributed by atoms with van der Waals surface area (Å²) in [7, 11) is 1.98. The quantitative estimate of drug-likeness (QED) is 0.760. The Morgan fingerprint density at radius 2 is 2.12 bits per heavy atom. The third-order valence-electron chi connectivity index (χ3n) is 2.83. The molecule has 2 atom stereocenters. The predicted octanol–water partition coefficient (Wildman–Crippen LogP) is 5.14. The Morgan fingerprint density at radius 3 is 2.56 bits per heavy atom. The lowest BCUT2D eigenvalue weighted by atomic mass is 9.94. The van der Waals surface area contributed by atoms with Gasteiger partial charge in [-0.1, -0.05) is 49.9 Å². The van der Waals surface area contributed by atoms with Crippen molar-refractivity contribution in [3.05, 3.63) is 20.3 Å². The predicted molar refractivity (Wildman–Crippen MR) is 74.8 cm³/mol. The lowest BCUT2D eigenvalue weighted by molar-refractivity contribution is 0.407. The molecule has 0 radical (unpaired) electrons. The summed E-state index contributed by atoms with van der Waals surface area (Å²) >= 11 is 13.6. The zero-order valence-electron chi connectivity index (χ0n) is 10.0. The molecule has 0 saturated carbocycles. The average Bonchev–Trinajstić information content (AvgIpc) is 2.55. The third-order valence-corrected chi connectivity index (χ3v) is 4.34. The summed E-state index contributed by atoms with van der Waals surface area (Å²) in [6.07, 6.45) is 3.60. The van der Waals surface area contributed by atoms with Crippen LogP contribution in [0.4, 0.5) is 0 Å². The summed E-state index contributed by atoms with van der Waals surface area (Å²) in [6, 6.07) is 2.30. The van der Waals surface area contributed by atoms with E-state index in [0.717, 1.165) is 20.7 Å². The molecule has 2 unspecified atom stereocenters. The van der Waals surface area contributed by atoms with Crippen LogP contribution in [-0.4, -0.2) is 7.05 Å². The summed E-state index contributed by atoms with van der Waals surface area (Å²) in [4.78, 5) is 0. The molecular formula is C12H19Cl2NS. The fraction of sp³-hybridized carbons (Fsp3) is 0.667. The number of rotatable bonds is 6. The Morgan fingerprint density at radius 1 is 1.44 bits per heavy atom. The molecule has 0 amide bonds. The number of halogens is 2. The van der Waals surface area contributed by atoms with E-state index in [1.807, 2.05) is 13.1 Å². The Kier molecular flexibility index (Phi) is 6.12. The molecule has 92 valence electrons. The minimum atomic E-state index is 0.317. The topological polar surface area (TPSA) is 12.0 Å². The van der Waals surface area contributed by atoms with Gasteiger partial charge in [0.1, 0.15) is 0 Å². The van der Waals surface area contributed by atoms with Crippen molar-refractivity contribution in [3.8, 4) is 0 Å². The van der Waals surface area contributed by atoms with Crippen LogP contribution in [0, 0.1) is 5.92 Å². The van der Waals surface area contributed by atoms with E-state index in [1.165, 1.54) is 24.2 Å². The highest BCUT2D eigenvalue weighted by Crippen LogP contribution is 2.37. The maximum atomic E-state index is 6.17. The normalized spacial score (nSPS) is 15.1. The maximum absolute atomic E-state index is 6.17. The molecule has 1 heterocycles. The molecule has 0 aliphatic carbocycles. The molecule has 1 aromatic rings. The zero-order valence-corrected chi connectivity index (χ0v) is 12.3. The van der Waals surface area contributed by atoms with Crippen molar-refractivity contribution < 1.29 is 0 Å². The van der Waals surface area contributed by atoms with Gasteiger partial charge in [-0.3, -0.25) is 0 Å². The summed E-state index contributed by atoms with van der Waals surface area (Å²) in [6.45, 7) is 4.51. The number of thiophene rings is 1. The molecule has 1 N–H and O–H groups in total. The SMILES string of the molecule is CCCC(C)CC(NC)c1cc(Cl)sc1Cl. The van der Waals surface area contributed by atoms with E-state index in [0.29, 0.717) is 12.0 Å². The van der Waals surface area contributed by atoms with Crippen molar-refractivity contribution in [3.63, 3.8) is 0 Å². The van der Waals surface area contributed by atoms with Crippen LogP contribution < -0.4 is 5.32 Å². The molecule has 0 aliphatic rings. The van der Waals surface area contributed by atoms with Gasteiger partial charge in [0.05, 0.1) is 8.67 Å². The molecule has 0 aromatic carbocycles. The first-order valence-electron chi connectivity index (χ1n) is 5.70. The van der Waals surface area contributed by atoms with Gasteiger partial charge in [-0.25, -0.2) is 0 Å². The van der Waals surface area contributed by atoms with E-state index >= 15 is 0 Å². The lowest BCUT2D eigenvalue weighted by Gasteiger charge is -2.20. The maximum Gasteiger partial charge on any atom is 0.0991 e. The second-order valence-corrected chi connectivity index (χ2v) is 6.54. The van der Waals surface area contributed by atoms with E-state index in [4.69, 9.17) is 23.2 Å². The number of hydrogen-bond donors (Lipinski definition) is 1. The highest BCUT2D eigenvalue weighted by Gasteiger charge is 2.18. The van der Waals surface area contributed by atoms with Crippen LogP contribution in [-0.2, 0) is 0 Å². The number of nitrogens with one attached hydrogen (secondary N) is 1. The minimum absolute atomic E-state index is 0.317. The van der Waals surface area contributed by atoms with E-state index in [-0.39, 0.29) is 0 Å². The van der Waals surface area contributed by atoms with E-state index in [1.54, 1.807) is 0 Å². The molecule has 16 heavy (non-hydrogen) atoms. The molecule has 0 aliphatic heterocycles. The van der Waals surface area contributed by atoms with Gasteiger partial charge >= 0.3 is 0 Å². The Hall–Kier alpha value is 0.240. The van der Waals surface area contributed by atoms with Crippen LogP contribution >= 0.6 is 34.5 Å². The molecule has 1 rings (SSSR count). The van der Waals surface area contributed by atoms with Crippen molar-refractivity contribution in [2.24, 2.45) is 5.92 Å². The first-order valence-corrected chi connectivity index (χ1v) is 7.27.